The van der Waals surface area contributed by atoms with Crippen LogP contribution in [-0.2, 0) is 4.74 Å². The molecule has 0 atom stereocenters. The number of hydrogen-bond acceptors (Lipinski definition) is 4. The molecule has 1 heterocycles. The fourth-order valence-electron chi connectivity index (χ4n) is 0.560. The number of carbonyl (C=O) groups is 1. The lowest BCUT2D eigenvalue weighted by Gasteiger charge is -2.02. The van der Waals surface area contributed by atoms with E-state index in [1.165, 1.54) is 19.6 Å². The smallest absolute Gasteiger partial charge is 0.411 e. The average Bonchev–Trinajstić information content (AvgIpc) is 2.09. The molecule has 1 rings (SSSR count). The highest BCUT2D eigenvalue weighted by Gasteiger charge is 2.04. The molecule has 1 aromatic rings. The quantitative estimate of drug-likeness (QED) is 0.674. The highest BCUT2D eigenvalue weighted by atomic mass is 35.5. The van der Waals surface area contributed by atoms with Gasteiger partial charge in [-0.05, 0) is 0 Å². The first-order valence-electron chi connectivity index (χ1n) is 3.04. The zero-order valence-corrected chi connectivity index (χ0v) is 7.00. The Morgan fingerprint density at radius 1 is 1.75 bits per heavy atom. The molecule has 0 aliphatic heterocycles. The minimum absolute atomic E-state index is 0.176. The third-order valence-corrected chi connectivity index (χ3v) is 1.39. The van der Waals surface area contributed by atoms with Crippen LogP contribution in [0.2, 0.25) is 5.15 Å². The molecule has 0 aliphatic rings. The molecule has 0 saturated heterocycles. The zero-order chi connectivity index (χ0) is 8.97. The second-order valence-electron chi connectivity index (χ2n) is 1.84. The van der Waals surface area contributed by atoms with E-state index < -0.39 is 6.09 Å². The van der Waals surface area contributed by atoms with Crippen molar-refractivity contribution in [2.45, 2.75) is 0 Å². The van der Waals surface area contributed by atoms with Gasteiger partial charge in [-0.1, -0.05) is 11.6 Å². The van der Waals surface area contributed by atoms with Gasteiger partial charge in [-0.3, -0.25) is 5.32 Å². The van der Waals surface area contributed by atoms with E-state index in [1.807, 2.05) is 0 Å². The van der Waals surface area contributed by atoms with E-state index in [1.54, 1.807) is 0 Å². The molecule has 0 bridgehead atoms. The summed E-state index contributed by atoms with van der Waals surface area (Å²) in [6.45, 7) is 0. The molecule has 6 heteroatoms. The minimum Gasteiger partial charge on any atom is -0.453 e. The maximum Gasteiger partial charge on any atom is 0.411 e. The molecule has 0 aliphatic carbocycles. The molecule has 1 N–H and O–H groups in total. The molecule has 12 heavy (non-hydrogen) atoms. The van der Waals surface area contributed by atoms with Gasteiger partial charge in [0, 0.05) is 0 Å². The van der Waals surface area contributed by atoms with Crippen molar-refractivity contribution in [3.8, 4) is 0 Å². The van der Waals surface area contributed by atoms with Crippen molar-refractivity contribution in [2.75, 3.05) is 12.4 Å². The molecular weight excluding hydrogens is 182 g/mol. The predicted molar refractivity (Wildman–Crippen MR) is 43.1 cm³/mol. The third kappa shape index (κ3) is 2.06. The molecule has 0 radical (unpaired) electrons. The number of aromatic nitrogens is 2. The van der Waals surface area contributed by atoms with Crippen molar-refractivity contribution in [1.82, 2.24) is 9.97 Å². The van der Waals surface area contributed by atoms with E-state index in [0.717, 1.165) is 0 Å². The van der Waals surface area contributed by atoms with Gasteiger partial charge >= 0.3 is 6.09 Å². The lowest BCUT2D eigenvalue weighted by atomic mass is 10.5. The summed E-state index contributed by atoms with van der Waals surface area (Å²) in [5.41, 5.74) is 0.325. The lowest BCUT2D eigenvalue weighted by Crippen LogP contribution is -2.11. The van der Waals surface area contributed by atoms with Gasteiger partial charge in [-0.2, -0.15) is 0 Å². The molecule has 1 aromatic heterocycles. The van der Waals surface area contributed by atoms with E-state index in [0.29, 0.717) is 5.69 Å². The Morgan fingerprint density at radius 3 is 3.08 bits per heavy atom. The van der Waals surface area contributed by atoms with Crippen molar-refractivity contribution in [1.29, 1.82) is 0 Å². The normalized spacial score (nSPS) is 9.17. The van der Waals surface area contributed by atoms with Crippen LogP contribution in [0.15, 0.2) is 12.5 Å². The Bertz CT molecular complexity index is 292. The van der Waals surface area contributed by atoms with E-state index in [-0.39, 0.29) is 5.15 Å². The van der Waals surface area contributed by atoms with Crippen LogP contribution >= 0.6 is 11.6 Å². The molecule has 1 amide bonds. The predicted octanol–water partition coefficient (Wildman–Crippen LogP) is 1.31. The van der Waals surface area contributed by atoms with E-state index in [9.17, 15) is 4.79 Å². The number of amides is 1. The number of methoxy groups -OCH3 is 1. The van der Waals surface area contributed by atoms with Gasteiger partial charge in [0.1, 0.15) is 6.33 Å². The molecule has 64 valence electrons. The van der Waals surface area contributed by atoms with Crippen LogP contribution in [-0.4, -0.2) is 23.2 Å². The minimum atomic E-state index is -0.605. The van der Waals surface area contributed by atoms with Crippen molar-refractivity contribution < 1.29 is 9.53 Å². The highest BCUT2D eigenvalue weighted by molar-refractivity contribution is 6.32. The fraction of sp³-hybridized carbons (Fsp3) is 0.167. The van der Waals surface area contributed by atoms with E-state index in [2.05, 4.69) is 20.0 Å². The van der Waals surface area contributed by atoms with Crippen molar-refractivity contribution in [3.05, 3.63) is 17.7 Å². The summed E-state index contributed by atoms with van der Waals surface area (Å²) in [6, 6.07) is 0. The van der Waals surface area contributed by atoms with Crippen LogP contribution in [0.5, 0.6) is 0 Å². The van der Waals surface area contributed by atoms with Crippen LogP contribution in [0.3, 0.4) is 0 Å². The first-order chi connectivity index (χ1) is 5.74. The standard InChI is InChI=1S/C6H6ClN3O2/c1-12-6(11)10-4-2-8-3-9-5(4)7/h2-3H,1H3,(H,10,11). The number of nitrogens with zero attached hydrogens (tertiary/aromatic N) is 2. The summed E-state index contributed by atoms with van der Waals surface area (Å²) in [5.74, 6) is 0. The number of rotatable bonds is 1. The fourth-order valence-corrected chi connectivity index (χ4v) is 0.699. The van der Waals surface area contributed by atoms with Gasteiger partial charge in [0.2, 0.25) is 0 Å². The van der Waals surface area contributed by atoms with Gasteiger partial charge in [-0.25, -0.2) is 14.8 Å². The average molecular weight is 188 g/mol. The van der Waals surface area contributed by atoms with Crippen LogP contribution in [0.25, 0.3) is 0 Å². The summed E-state index contributed by atoms with van der Waals surface area (Å²) in [6.07, 6.45) is 2.06. The number of ether oxygens (including phenoxy) is 1. The Labute approximate surface area is 73.7 Å². The van der Waals surface area contributed by atoms with Crippen molar-refractivity contribution >= 4 is 23.4 Å². The van der Waals surface area contributed by atoms with Gasteiger partial charge in [-0.15, -0.1) is 0 Å². The van der Waals surface area contributed by atoms with E-state index in [4.69, 9.17) is 11.6 Å². The Kier molecular flexibility index (Phi) is 2.82. The second-order valence-corrected chi connectivity index (χ2v) is 2.20. The first kappa shape index (κ1) is 8.73. The lowest BCUT2D eigenvalue weighted by molar-refractivity contribution is 0.187. The molecule has 0 aromatic carbocycles. The largest absolute Gasteiger partial charge is 0.453 e. The van der Waals surface area contributed by atoms with Crippen molar-refractivity contribution in [3.63, 3.8) is 0 Å². The topological polar surface area (TPSA) is 64.1 Å². The van der Waals surface area contributed by atoms with Crippen LogP contribution < -0.4 is 5.32 Å². The number of nitrogens with one attached hydrogen (secondary N) is 1. The van der Waals surface area contributed by atoms with Crippen LogP contribution in [0.1, 0.15) is 0 Å². The second kappa shape index (κ2) is 3.87. The first-order valence-corrected chi connectivity index (χ1v) is 3.42. The molecule has 0 unspecified atom stereocenters. The Morgan fingerprint density at radius 2 is 2.50 bits per heavy atom. The number of carbonyl (C=O) groups excluding carboxylic acids is 1. The monoisotopic (exact) mass is 187 g/mol. The van der Waals surface area contributed by atoms with Crippen LogP contribution in [0, 0.1) is 0 Å². The van der Waals surface area contributed by atoms with E-state index >= 15 is 0 Å². The summed E-state index contributed by atoms with van der Waals surface area (Å²) >= 11 is 5.60. The maximum atomic E-state index is 10.7. The van der Waals surface area contributed by atoms with Gasteiger partial charge in [0.25, 0.3) is 0 Å². The van der Waals surface area contributed by atoms with Crippen LogP contribution in [0.4, 0.5) is 10.5 Å². The number of halogens is 1. The molecule has 5 nitrogen and oxygen atoms in total. The molecule has 0 saturated carbocycles. The summed E-state index contributed by atoms with van der Waals surface area (Å²) < 4.78 is 4.34. The van der Waals surface area contributed by atoms with Gasteiger partial charge in [0.05, 0.1) is 19.0 Å². The molecule has 0 spiro atoms. The zero-order valence-electron chi connectivity index (χ0n) is 6.24. The Hall–Kier alpha value is -1.36. The SMILES string of the molecule is COC(=O)Nc1cncnc1Cl. The van der Waals surface area contributed by atoms with Crippen molar-refractivity contribution in [2.24, 2.45) is 0 Å². The summed E-state index contributed by atoms with van der Waals surface area (Å²) in [5, 5.41) is 2.52. The summed E-state index contributed by atoms with van der Waals surface area (Å²) in [7, 11) is 1.26. The molecular formula is C6H6ClN3O2. The number of hydrogen-bond donors (Lipinski definition) is 1. The highest BCUT2D eigenvalue weighted by Crippen LogP contribution is 2.15. The van der Waals surface area contributed by atoms with Gasteiger partial charge < -0.3 is 4.74 Å². The number of anilines is 1. The van der Waals surface area contributed by atoms with Gasteiger partial charge in [0.15, 0.2) is 5.15 Å². The third-order valence-electron chi connectivity index (χ3n) is 1.09. The maximum absolute atomic E-state index is 10.7. The molecule has 0 fully saturated rings. The Balaban J connectivity index is 2.75. The summed E-state index contributed by atoms with van der Waals surface area (Å²) in [4.78, 5) is 18.0.